The lowest BCUT2D eigenvalue weighted by atomic mass is 9.98. The van der Waals surface area contributed by atoms with Gasteiger partial charge in [-0.05, 0) is 48.4 Å². The number of nitrogens with zero attached hydrogens (tertiary/aromatic N) is 4. The molecular weight excluding hydrogens is 324 g/mol. The molecule has 1 N–H and O–H groups in total. The van der Waals surface area contributed by atoms with Gasteiger partial charge in [-0.15, -0.1) is 5.10 Å². The Balaban J connectivity index is 2.64. The normalized spacial score (nSPS) is 14.0. The molecule has 20 heavy (non-hydrogen) atoms. The number of hydrogen-bond acceptors (Lipinski definition) is 4. The SMILES string of the molecule is CCC(C)(C(=O)O)n1nnnc1-c1cc(Br)ccc1C. The lowest BCUT2D eigenvalue weighted by molar-refractivity contribution is -0.147. The van der Waals surface area contributed by atoms with Gasteiger partial charge in [0, 0.05) is 10.0 Å². The number of carboxylic acid groups (broad SMARTS) is 1. The van der Waals surface area contributed by atoms with Crippen molar-refractivity contribution in [1.82, 2.24) is 20.2 Å². The summed E-state index contributed by atoms with van der Waals surface area (Å²) in [5.41, 5.74) is 0.617. The van der Waals surface area contributed by atoms with Gasteiger partial charge in [0.2, 0.25) is 0 Å². The van der Waals surface area contributed by atoms with Crippen LogP contribution in [0, 0.1) is 6.92 Å². The molecule has 106 valence electrons. The molecule has 2 rings (SSSR count). The highest BCUT2D eigenvalue weighted by atomic mass is 79.9. The van der Waals surface area contributed by atoms with Crippen molar-refractivity contribution in [3.63, 3.8) is 0 Å². The van der Waals surface area contributed by atoms with Crippen molar-refractivity contribution < 1.29 is 9.90 Å². The lowest BCUT2D eigenvalue weighted by Crippen LogP contribution is -2.39. The first-order valence-corrected chi connectivity index (χ1v) is 6.98. The van der Waals surface area contributed by atoms with Gasteiger partial charge in [0.25, 0.3) is 0 Å². The average molecular weight is 339 g/mol. The number of hydrogen-bond donors (Lipinski definition) is 1. The van der Waals surface area contributed by atoms with E-state index in [9.17, 15) is 9.90 Å². The van der Waals surface area contributed by atoms with Crippen LogP contribution in [-0.2, 0) is 10.3 Å². The maximum atomic E-state index is 11.6. The van der Waals surface area contributed by atoms with Crippen molar-refractivity contribution >= 4 is 21.9 Å². The minimum atomic E-state index is -1.17. The number of benzene rings is 1. The molecule has 1 aromatic heterocycles. The molecule has 0 aliphatic carbocycles. The van der Waals surface area contributed by atoms with E-state index in [0.717, 1.165) is 15.6 Å². The van der Waals surface area contributed by atoms with E-state index in [-0.39, 0.29) is 0 Å². The molecule has 0 aliphatic rings. The summed E-state index contributed by atoms with van der Waals surface area (Å²) < 4.78 is 2.27. The van der Waals surface area contributed by atoms with Gasteiger partial charge in [-0.2, -0.15) is 0 Å². The zero-order valence-corrected chi connectivity index (χ0v) is 13.0. The van der Waals surface area contributed by atoms with Gasteiger partial charge in [-0.1, -0.05) is 28.9 Å². The zero-order chi connectivity index (χ0) is 14.9. The van der Waals surface area contributed by atoms with Crippen LogP contribution in [0.1, 0.15) is 25.8 Å². The zero-order valence-electron chi connectivity index (χ0n) is 11.5. The fraction of sp³-hybridized carbons (Fsp3) is 0.385. The molecule has 7 heteroatoms. The van der Waals surface area contributed by atoms with Crippen LogP contribution in [0.3, 0.4) is 0 Å². The van der Waals surface area contributed by atoms with E-state index in [1.807, 2.05) is 25.1 Å². The lowest BCUT2D eigenvalue weighted by Gasteiger charge is -2.24. The van der Waals surface area contributed by atoms with Gasteiger partial charge < -0.3 is 5.11 Å². The monoisotopic (exact) mass is 338 g/mol. The third-order valence-corrected chi connectivity index (χ3v) is 4.02. The molecule has 0 spiro atoms. The third-order valence-electron chi connectivity index (χ3n) is 3.53. The van der Waals surface area contributed by atoms with Crippen molar-refractivity contribution in [3.8, 4) is 11.4 Å². The van der Waals surface area contributed by atoms with E-state index in [2.05, 4.69) is 31.5 Å². The van der Waals surface area contributed by atoms with E-state index < -0.39 is 11.5 Å². The maximum absolute atomic E-state index is 11.6. The van der Waals surface area contributed by atoms with Crippen LogP contribution in [0.5, 0.6) is 0 Å². The third kappa shape index (κ3) is 2.33. The van der Waals surface area contributed by atoms with E-state index in [1.54, 1.807) is 13.8 Å². The number of carbonyl (C=O) groups is 1. The van der Waals surface area contributed by atoms with Gasteiger partial charge in [-0.3, -0.25) is 0 Å². The Bertz CT molecular complexity index is 656. The molecule has 0 saturated carbocycles. The van der Waals surface area contributed by atoms with E-state index >= 15 is 0 Å². The topological polar surface area (TPSA) is 80.9 Å². The molecule has 0 aliphatic heterocycles. The molecule has 0 saturated heterocycles. The van der Waals surface area contributed by atoms with Gasteiger partial charge >= 0.3 is 5.97 Å². The molecule has 0 amide bonds. The fourth-order valence-corrected chi connectivity index (χ4v) is 2.28. The first-order chi connectivity index (χ1) is 9.40. The highest BCUT2D eigenvalue weighted by molar-refractivity contribution is 9.10. The minimum Gasteiger partial charge on any atom is -0.479 e. The molecule has 0 radical (unpaired) electrons. The van der Waals surface area contributed by atoms with Crippen LogP contribution in [0.25, 0.3) is 11.4 Å². The van der Waals surface area contributed by atoms with Gasteiger partial charge in [-0.25, -0.2) is 9.48 Å². The highest BCUT2D eigenvalue weighted by Crippen LogP contribution is 2.29. The Labute approximate surface area is 124 Å². The summed E-state index contributed by atoms with van der Waals surface area (Å²) in [5.74, 6) is -0.503. The molecule has 1 atom stereocenters. The first kappa shape index (κ1) is 14.6. The summed E-state index contributed by atoms with van der Waals surface area (Å²) in [4.78, 5) is 11.6. The molecular formula is C13H15BrN4O2. The standard InChI is InChI=1S/C13H15BrN4O2/c1-4-13(3,12(19)20)18-11(15-16-17-18)10-7-9(14)6-5-8(10)2/h5-7H,4H2,1-3H3,(H,19,20). The fourth-order valence-electron chi connectivity index (χ4n) is 1.91. The van der Waals surface area contributed by atoms with E-state index in [4.69, 9.17) is 0 Å². The Morgan fingerprint density at radius 1 is 1.50 bits per heavy atom. The predicted octanol–water partition coefficient (Wildman–Crippen LogP) is 2.62. The first-order valence-electron chi connectivity index (χ1n) is 6.19. The van der Waals surface area contributed by atoms with Crippen LogP contribution < -0.4 is 0 Å². The van der Waals surface area contributed by atoms with Crippen molar-refractivity contribution in [2.24, 2.45) is 0 Å². The average Bonchev–Trinajstić information content (AvgIpc) is 2.90. The van der Waals surface area contributed by atoms with Crippen LogP contribution in [0.2, 0.25) is 0 Å². The molecule has 1 unspecified atom stereocenters. The van der Waals surface area contributed by atoms with Crippen LogP contribution in [0.15, 0.2) is 22.7 Å². The van der Waals surface area contributed by atoms with Gasteiger partial charge in [0.15, 0.2) is 11.4 Å². The molecule has 0 fully saturated rings. The quantitative estimate of drug-likeness (QED) is 0.926. The van der Waals surface area contributed by atoms with Crippen molar-refractivity contribution in [2.45, 2.75) is 32.7 Å². The van der Waals surface area contributed by atoms with Crippen molar-refractivity contribution in [1.29, 1.82) is 0 Å². The van der Waals surface area contributed by atoms with Crippen LogP contribution in [-0.4, -0.2) is 31.3 Å². The second kappa shape index (κ2) is 5.32. The molecule has 0 bridgehead atoms. The van der Waals surface area contributed by atoms with Gasteiger partial charge in [0.05, 0.1) is 0 Å². The Hall–Kier alpha value is -1.76. The van der Waals surface area contributed by atoms with Crippen molar-refractivity contribution in [3.05, 3.63) is 28.2 Å². The summed E-state index contributed by atoms with van der Waals surface area (Å²) in [5, 5.41) is 21.0. The van der Waals surface area contributed by atoms with Crippen molar-refractivity contribution in [2.75, 3.05) is 0 Å². The number of carboxylic acids is 1. The summed E-state index contributed by atoms with van der Waals surface area (Å²) >= 11 is 3.41. The number of rotatable bonds is 4. The van der Waals surface area contributed by atoms with Gasteiger partial charge in [0.1, 0.15) is 0 Å². The highest BCUT2D eigenvalue weighted by Gasteiger charge is 2.37. The Kier molecular flexibility index (Phi) is 3.89. The number of aryl methyl sites for hydroxylation is 1. The second-order valence-electron chi connectivity index (χ2n) is 4.81. The number of halogens is 1. The maximum Gasteiger partial charge on any atom is 0.331 e. The number of aliphatic carboxylic acids is 1. The number of aromatic nitrogens is 4. The molecule has 2 aromatic rings. The Morgan fingerprint density at radius 2 is 2.20 bits per heavy atom. The Morgan fingerprint density at radius 3 is 2.80 bits per heavy atom. The predicted molar refractivity (Wildman–Crippen MR) is 77.3 cm³/mol. The second-order valence-corrected chi connectivity index (χ2v) is 5.72. The van der Waals surface area contributed by atoms with E-state index in [1.165, 1.54) is 4.68 Å². The summed E-state index contributed by atoms with van der Waals surface area (Å²) in [6.45, 7) is 5.35. The van der Waals surface area contributed by atoms with Crippen LogP contribution in [0.4, 0.5) is 0 Å². The molecule has 6 nitrogen and oxygen atoms in total. The largest absolute Gasteiger partial charge is 0.479 e. The smallest absolute Gasteiger partial charge is 0.331 e. The summed E-state index contributed by atoms with van der Waals surface area (Å²) in [7, 11) is 0. The molecule has 1 heterocycles. The molecule has 1 aromatic carbocycles. The number of tetrazole rings is 1. The summed E-state index contributed by atoms with van der Waals surface area (Å²) in [6.07, 6.45) is 0.382. The summed E-state index contributed by atoms with van der Waals surface area (Å²) in [6, 6.07) is 5.74. The minimum absolute atomic E-state index is 0.382. The van der Waals surface area contributed by atoms with Crippen LogP contribution >= 0.6 is 15.9 Å². The van der Waals surface area contributed by atoms with E-state index in [0.29, 0.717) is 12.2 Å².